The van der Waals surface area contributed by atoms with Crippen LogP contribution in [-0.2, 0) is 11.2 Å². The summed E-state index contributed by atoms with van der Waals surface area (Å²) in [5.41, 5.74) is 4.17. The van der Waals surface area contributed by atoms with Gasteiger partial charge in [-0.25, -0.2) is 4.79 Å². The predicted molar refractivity (Wildman–Crippen MR) is 172 cm³/mol. The van der Waals surface area contributed by atoms with Crippen LogP contribution < -0.4 is 15.4 Å². The smallest absolute Gasteiger partial charge is 0.326 e. The third-order valence-electron chi connectivity index (χ3n) is 7.09. The largest absolute Gasteiger partial charge is 0.492 e. The molecule has 0 radical (unpaired) electrons. The van der Waals surface area contributed by atoms with E-state index >= 15 is 0 Å². The van der Waals surface area contributed by atoms with Crippen LogP contribution >= 0.6 is 0 Å². The first-order valence-electron chi connectivity index (χ1n) is 14.3. The van der Waals surface area contributed by atoms with Crippen molar-refractivity contribution < 1.29 is 24.2 Å². The van der Waals surface area contributed by atoms with Crippen molar-refractivity contribution in [1.82, 2.24) is 0 Å². The fraction of sp³-hybridized carbons (Fsp3) is 0.108. The lowest BCUT2D eigenvalue weighted by atomic mass is 10.00. The molecule has 0 fully saturated rings. The number of hydrogen-bond acceptors (Lipinski definition) is 6. The number of carboxylic acid groups (broad SMARTS) is 1. The highest BCUT2D eigenvalue weighted by atomic mass is 16.5. The number of benzene rings is 5. The van der Waals surface area contributed by atoms with Crippen LogP contribution in [0.5, 0.6) is 5.75 Å². The van der Waals surface area contributed by atoms with Gasteiger partial charge in [-0.3, -0.25) is 9.59 Å². The van der Waals surface area contributed by atoms with Gasteiger partial charge >= 0.3 is 5.97 Å². The number of ether oxygens (including phenoxy) is 1. The zero-order valence-electron chi connectivity index (χ0n) is 24.0. The maximum absolute atomic E-state index is 13.1. The molecular weight excluding hydrogens is 552 g/mol. The van der Waals surface area contributed by atoms with Crippen molar-refractivity contribution in [2.75, 3.05) is 23.8 Å². The summed E-state index contributed by atoms with van der Waals surface area (Å²) in [5, 5.41) is 16.3. The lowest BCUT2D eigenvalue weighted by Crippen LogP contribution is -2.32. The zero-order valence-corrected chi connectivity index (χ0v) is 24.0. The van der Waals surface area contributed by atoms with Crippen LogP contribution in [0.3, 0.4) is 0 Å². The van der Waals surface area contributed by atoms with E-state index in [0.717, 1.165) is 11.3 Å². The van der Waals surface area contributed by atoms with Crippen molar-refractivity contribution in [2.45, 2.75) is 12.5 Å². The molecule has 5 aromatic carbocycles. The van der Waals surface area contributed by atoms with E-state index < -0.39 is 12.0 Å². The molecule has 5 aromatic rings. The number of carbonyl (C=O) groups excluding carboxylic acids is 2. The average molecular weight is 585 g/mol. The fourth-order valence-corrected chi connectivity index (χ4v) is 4.83. The van der Waals surface area contributed by atoms with Gasteiger partial charge in [-0.1, -0.05) is 97.1 Å². The molecule has 0 aliphatic heterocycles. The van der Waals surface area contributed by atoms with Crippen molar-refractivity contribution in [2.24, 2.45) is 0 Å². The molecule has 1 unspecified atom stereocenters. The molecule has 0 bridgehead atoms. The van der Waals surface area contributed by atoms with Gasteiger partial charge < -0.3 is 20.5 Å². The Hall–Kier alpha value is -5.69. The van der Waals surface area contributed by atoms with Crippen molar-refractivity contribution in [3.8, 4) is 5.75 Å². The van der Waals surface area contributed by atoms with Crippen molar-refractivity contribution in [3.63, 3.8) is 0 Å². The number of anilines is 2. The molecule has 0 amide bonds. The summed E-state index contributed by atoms with van der Waals surface area (Å²) in [6.45, 7) is 0.839. The predicted octanol–water partition coefficient (Wildman–Crippen LogP) is 6.75. The van der Waals surface area contributed by atoms with E-state index in [9.17, 15) is 19.5 Å². The van der Waals surface area contributed by atoms with E-state index in [2.05, 4.69) is 10.6 Å². The topological polar surface area (TPSA) is 105 Å². The van der Waals surface area contributed by atoms with Gasteiger partial charge in [0.2, 0.25) is 0 Å². The van der Waals surface area contributed by atoms with Gasteiger partial charge in [0.05, 0.1) is 0 Å². The Morgan fingerprint density at radius 1 is 0.614 bits per heavy atom. The van der Waals surface area contributed by atoms with Gasteiger partial charge in [-0.2, -0.15) is 0 Å². The Balaban J connectivity index is 1.16. The summed E-state index contributed by atoms with van der Waals surface area (Å²) in [6, 6.07) is 38.7. The Kier molecular flexibility index (Phi) is 9.80. The number of hydrogen-bond donors (Lipinski definition) is 3. The second-order valence-corrected chi connectivity index (χ2v) is 10.1. The third kappa shape index (κ3) is 7.57. The van der Waals surface area contributed by atoms with Gasteiger partial charge in [-0.15, -0.1) is 0 Å². The first-order valence-corrected chi connectivity index (χ1v) is 14.3. The molecule has 0 aromatic heterocycles. The minimum atomic E-state index is -1.02. The zero-order chi connectivity index (χ0) is 30.7. The van der Waals surface area contributed by atoms with E-state index in [4.69, 9.17) is 4.74 Å². The van der Waals surface area contributed by atoms with E-state index in [-0.39, 0.29) is 18.0 Å². The molecule has 0 heterocycles. The van der Waals surface area contributed by atoms with Crippen LogP contribution in [0.25, 0.3) is 0 Å². The summed E-state index contributed by atoms with van der Waals surface area (Å²) in [6.07, 6.45) is 0.206. The molecule has 3 N–H and O–H groups in total. The Bertz CT molecular complexity index is 1720. The molecule has 0 spiro atoms. The van der Waals surface area contributed by atoms with Crippen molar-refractivity contribution in [1.29, 1.82) is 0 Å². The molecule has 220 valence electrons. The number of para-hydroxylation sites is 2. The normalized spacial score (nSPS) is 11.3. The van der Waals surface area contributed by atoms with Crippen LogP contribution in [-0.4, -0.2) is 41.8 Å². The molecule has 44 heavy (non-hydrogen) atoms. The van der Waals surface area contributed by atoms with Crippen LogP contribution in [0.2, 0.25) is 0 Å². The molecule has 7 heteroatoms. The van der Waals surface area contributed by atoms with Gasteiger partial charge in [0.25, 0.3) is 0 Å². The molecule has 0 aliphatic carbocycles. The molecule has 0 saturated carbocycles. The molecule has 5 rings (SSSR count). The minimum absolute atomic E-state index is 0.0503. The maximum Gasteiger partial charge on any atom is 0.326 e. The second kappa shape index (κ2) is 14.5. The average Bonchev–Trinajstić information content (AvgIpc) is 3.07. The van der Waals surface area contributed by atoms with Crippen LogP contribution in [0.1, 0.15) is 37.4 Å². The third-order valence-corrected chi connectivity index (χ3v) is 7.09. The van der Waals surface area contributed by atoms with Crippen LogP contribution in [0.15, 0.2) is 133 Å². The summed E-state index contributed by atoms with van der Waals surface area (Å²) < 4.78 is 5.88. The molecular formula is C37H32N2O5. The van der Waals surface area contributed by atoms with E-state index in [1.54, 1.807) is 78.9 Å². The van der Waals surface area contributed by atoms with E-state index in [1.165, 1.54) is 0 Å². The lowest BCUT2D eigenvalue weighted by molar-refractivity contribution is -0.137. The quantitative estimate of drug-likeness (QED) is 0.0980. The molecule has 1 atom stereocenters. The number of aliphatic carboxylic acids is 1. The standard InChI is InChI=1S/C37H32N2O5/c40-35(27-11-3-1-4-12-27)30-15-7-9-17-32(30)38-23-24-44-29-21-19-26(20-22-29)25-34(37(42)43)39-33-18-10-8-16-31(33)36(41)28-13-5-2-6-14-28/h1-22,34,38-39H,23-25H2,(H,42,43). The molecule has 7 nitrogen and oxygen atoms in total. The molecule has 0 aliphatic rings. The Morgan fingerprint density at radius 2 is 1.11 bits per heavy atom. The summed E-state index contributed by atoms with van der Waals surface area (Å²) >= 11 is 0. The highest BCUT2D eigenvalue weighted by molar-refractivity contribution is 6.13. The Morgan fingerprint density at radius 3 is 1.68 bits per heavy atom. The highest BCUT2D eigenvalue weighted by Crippen LogP contribution is 2.23. The number of ketones is 2. The maximum atomic E-state index is 13.1. The van der Waals surface area contributed by atoms with Gasteiger partial charge in [0.15, 0.2) is 11.6 Å². The number of carboxylic acids is 1. The Labute approximate surface area is 256 Å². The lowest BCUT2D eigenvalue weighted by Gasteiger charge is -2.18. The SMILES string of the molecule is O=C(c1ccccc1)c1ccccc1NCCOc1ccc(CC(Nc2ccccc2C(=O)c2ccccc2)C(=O)O)cc1. The number of carbonyl (C=O) groups is 3. The fourth-order valence-electron chi connectivity index (χ4n) is 4.83. The van der Waals surface area contributed by atoms with Gasteiger partial charge in [0, 0.05) is 46.6 Å². The first-order chi connectivity index (χ1) is 21.5. The van der Waals surface area contributed by atoms with Crippen molar-refractivity contribution in [3.05, 3.63) is 161 Å². The second-order valence-electron chi connectivity index (χ2n) is 10.1. The number of rotatable bonds is 14. The summed E-state index contributed by atoms with van der Waals surface area (Å²) in [5.74, 6) is -0.613. The number of nitrogens with one attached hydrogen (secondary N) is 2. The summed E-state index contributed by atoms with van der Waals surface area (Å²) in [4.78, 5) is 38.2. The van der Waals surface area contributed by atoms with E-state index in [0.29, 0.717) is 46.8 Å². The van der Waals surface area contributed by atoms with Crippen molar-refractivity contribution >= 4 is 28.9 Å². The van der Waals surface area contributed by atoms with Crippen LogP contribution in [0.4, 0.5) is 11.4 Å². The monoisotopic (exact) mass is 584 g/mol. The molecule has 0 saturated heterocycles. The van der Waals surface area contributed by atoms with Crippen LogP contribution in [0, 0.1) is 0 Å². The van der Waals surface area contributed by atoms with Gasteiger partial charge in [0.1, 0.15) is 18.4 Å². The highest BCUT2D eigenvalue weighted by Gasteiger charge is 2.21. The van der Waals surface area contributed by atoms with Gasteiger partial charge in [-0.05, 0) is 42.0 Å². The minimum Gasteiger partial charge on any atom is -0.492 e. The summed E-state index contributed by atoms with van der Waals surface area (Å²) in [7, 11) is 0. The van der Waals surface area contributed by atoms with E-state index in [1.807, 2.05) is 54.6 Å². The first kappa shape index (κ1) is 29.8.